The molecule has 0 aliphatic carbocycles. The van der Waals surface area contributed by atoms with Gasteiger partial charge in [0.1, 0.15) is 0 Å². The minimum atomic E-state index is -0.312. The maximum Gasteiger partial charge on any atom is 0.252 e. The summed E-state index contributed by atoms with van der Waals surface area (Å²) in [5.74, 6) is 0.901. The molecule has 2 aromatic carbocycles. The normalized spacial score (nSPS) is 11.8. The first-order valence-corrected chi connectivity index (χ1v) is 8.18. The molecule has 134 valence electrons. The number of H-pyrrole nitrogens is 1. The van der Waals surface area contributed by atoms with Gasteiger partial charge in [0.15, 0.2) is 11.5 Å². The van der Waals surface area contributed by atoms with Crippen molar-refractivity contribution in [2.45, 2.75) is 13.0 Å². The molecular formula is C20H20N2O4. The number of para-hydroxylation sites is 1. The molecule has 1 aromatic heterocycles. The maximum atomic E-state index is 12.8. The summed E-state index contributed by atoms with van der Waals surface area (Å²) in [6.07, 6.45) is 0. The number of pyridine rings is 1. The van der Waals surface area contributed by atoms with E-state index in [2.05, 4.69) is 10.3 Å². The molecule has 26 heavy (non-hydrogen) atoms. The number of amides is 1. The molecule has 0 saturated heterocycles. The first kappa shape index (κ1) is 17.5. The van der Waals surface area contributed by atoms with E-state index in [1.54, 1.807) is 32.4 Å². The first-order chi connectivity index (χ1) is 12.5. The summed E-state index contributed by atoms with van der Waals surface area (Å²) >= 11 is 0. The van der Waals surface area contributed by atoms with Gasteiger partial charge in [0, 0.05) is 17.0 Å². The number of hydrogen-bond acceptors (Lipinski definition) is 4. The second-order valence-electron chi connectivity index (χ2n) is 5.90. The van der Waals surface area contributed by atoms with E-state index >= 15 is 0 Å². The molecule has 1 unspecified atom stereocenters. The third-order valence-corrected chi connectivity index (χ3v) is 4.25. The average Bonchev–Trinajstić information content (AvgIpc) is 2.66. The Labute approximate surface area is 150 Å². The minimum Gasteiger partial charge on any atom is -0.493 e. The minimum absolute atomic E-state index is 0.277. The number of carbonyl (C=O) groups is 1. The van der Waals surface area contributed by atoms with Gasteiger partial charge in [0.25, 0.3) is 5.91 Å². The largest absolute Gasteiger partial charge is 0.493 e. The summed E-state index contributed by atoms with van der Waals surface area (Å²) in [7, 11) is 3.13. The van der Waals surface area contributed by atoms with Crippen LogP contribution in [-0.4, -0.2) is 25.1 Å². The van der Waals surface area contributed by atoms with Gasteiger partial charge in [-0.1, -0.05) is 24.3 Å². The van der Waals surface area contributed by atoms with Crippen molar-refractivity contribution in [3.63, 3.8) is 0 Å². The molecule has 0 saturated carbocycles. The molecule has 0 spiro atoms. The van der Waals surface area contributed by atoms with Crippen LogP contribution in [0.1, 0.15) is 28.9 Å². The lowest BCUT2D eigenvalue weighted by Crippen LogP contribution is -2.28. The topological polar surface area (TPSA) is 80.4 Å². The lowest BCUT2D eigenvalue weighted by Gasteiger charge is -2.17. The molecule has 0 aliphatic rings. The number of hydrogen-bond donors (Lipinski definition) is 2. The summed E-state index contributed by atoms with van der Waals surface area (Å²) in [5.41, 5.74) is 1.53. The van der Waals surface area contributed by atoms with Crippen LogP contribution in [0.2, 0.25) is 0 Å². The van der Waals surface area contributed by atoms with Crippen LogP contribution in [0.3, 0.4) is 0 Å². The van der Waals surface area contributed by atoms with Gasteiger partial charge in [-0.05, 0) is 30.7 Å². The zero-order chi connectivity index (χ0) is 18.7. The standard InChI is InChI=1S/C20H20N2O4/c1-12(13-8-9-17(25-2)18(10-13)26-3)21-20(24)15-11-19(23)22-16-7-5-4-6-14(15)16/h4-12H,1-3H3,(H,21,24)(H,22,23). The van der Waals surface area contributed by atoms with Crippen LogP contribution in [-0.2, 0) is 0 Å². The van der Waals surface area contributed by atoms with Crippen molar-refractivity contribution in [2.24, 2.45) is 0 Å². The molecule has 1 atom stereocenters. The fraction of sp³-hybridized carbons (Fsp3) is 0.200. The number of ether oxygens (including phenoxy) is 2. The smallest absolute Gasteiger partial charge is 0.252 e. The number of nitrogens with one attached hydrogen (secondary N) is 2. The summed E-state index contributed by atoms with van der Waals surface area (Å²) in [5, 5.41) is 3.63. The number of aromatic nitrogens is 1. The highest BCUT2D eigenvalue weighted by Gasteiger charge is 2.16. The second kappa shape index (κ2) is 7.31. The maximum absolute atomic E-state index is 12.8. The van der Waals surface area contributed by atoms with E-state index in [0.717, 1.165) is 5.56 Å². The lowest BCUT2D eigenvalue weighted by atomic mass is 10.1. The van der Waals surface area contributed by atoms with Crippen LogP contribution in [0.15, 0.2) is 53.3 Å². The number of aromatic amines is 1. The van der Waals surface area contributed by atoms with Crippen molar-refractivity contribution < 1.29 is 14.3 Å². The van der Waals surface area contributed by atoms with Gasteiger partial charge in [0.2, 0.25) is 5.56 Å². The van der Waals surface area contributed by atoms with Gasteiger partial charge in [-0.3, -0.25) is 9.59 Å². The van der Waals surface area contributed by atoms with Gasteiger partial charge < -0.3 is 19.8 Å². The van der Waals surface area contributed by atoms with Gasteiger partial charge >= 0.3 is 0 Å². The van der Waals surface area contributed by atoms with Crippen molar-refractivity contribution in [3.05, 3.63) is 70.0 Å². The Balaban J connectivity index is 1.90. The first-order valence-electron chi connectivity index (χ1n) is 8.18. The van der Waals surface area contributed by atoms with Crippen molar-refractivity contribution in [2.75, 3.05) is 14.2 Å². The summed E-state index contributed by atoms with van der Waals surface area (Å²) in [6, 6.07) is 13.7. The van der Waals surface area contributed by atoms with E-state index in [-0.39, 0.29) is 17.5 Å². The van der Waals surface area contributed by atoms with Crippen LogP contribution in [0.4, 0.5) is 0 Å². The van der Waals surface area contributed by atoms with Gasteiger partial charge in [0.05, 0.1) is 25.8 Å². The summed E-state index contributed by atoms with van der Waals surface area (Å²) in [6.45, 7) is 1.87. The zero-order valence-corrected chi connectivity index (χ0v) is 14.8. The van der Waals surface area contributed by atoms with E-state index in [0.29, 0.717) is 28.0 Å². The molecule has 6 nitrogen and oxygen atoms in total. The van der Waals surface area contributed by atoms with Crippen LogP contribution in [0.5, 0.6) is 11.5 Å². The number of carbonyl (C=O) groups excluding carboxylic acids is 1. The molecule has 0 radical (unpaired) electrons. The Bertz CT molecular complexity index is 1010. The van der Waals surface area contributed by atoms with E-state index in [9.17, 15) is 9.59 Å². The highest BCUT2D eigenvalue weighted by molar-refractivity contribution is 6.06. The molecule has 3 rings (SSSR count). The van der Waals surface area contributed by atoms with E-state index in [1.165, 1.54) is 6.07 Å². The molecule has 0 bridgehead atoms. The molecule has 2 N–H and O–H groups in total. The molecule has 0 fully saturated rings. The fourth-order valence-corrected chi connectivity index (χ4v) is 2.87. The van der Waals surface area contributed by atoms with Gasteiger partial charge in [-0.15, -0.1) is 0 Å². The third-order valence-electron chi connectivity index (χ3n) is 4.25. The SMILES string of the molecule is COc1ccc(C(C)NC(=O)c2cc(=O)[nH]c3ccccc23)cc1OC. The quantitative estimate of drug-likeness (QED) is 0.740. The highest BCUT2D eigenvalue weighted by Crippen LogP contribution is 2.30. The van der Waals surface area contributed by atoms with Crippen molar-refractivity contribution in [1.82, 2.24) is 10.3 Å². The fourth-order valence-electron chi connectivity index (χ4n) is 2.87. The number of rotatable bonds is 5. The van der Waals surface area contributed by atoms with Crippen molar-refractivity contribution in [1.29, 1.82) is 0 Å². The molecule has 1 amide bonds. The zero-order valence-electron chi connectivity index (χ0n) is 14.8. The van der Waals surface area contributed by atoms with Gasteiger partial charge in [-0.25, -0.2) is 0 Å². The molecular weight excluding hydrogens is 332 g/mol. The second-order valence-corrected chi connectivity index (χ2v) is 5.90. The molecule has 6 heteroatoms. The predicted octanol–water partition coefficient (Wildman–Crippen LogP) is 3.04. The summed E-state index contributed by atoms with van der Waals surface area (Å²) < 4.78 is 10.5. The Morgan fingerprint density at radius 1 is 1.04 bits per heavy atom. The third kappa shape index (κ3) is 3.39. The van der Waals surface area contributed by atoms with Crippen molar-refractivity contribution >= 4 is 16.8 Å². The van der Waals surface area contributed by atoms with Crippen LogP contribution in [0.25, 0.3) is 10.9 Å². The number of methoxy groups -OCH3 is 2. The number of fused-ring (bicyclic) bond motifs is 1. The monoisotopic (exact) mass is 352 g/mol. The van der Waals surface area contributed by atoms with Crippen LogP contribution >= 0.6 is 0 Å². The van der Waals surface area contributed by atoms with E-state index in [4.69, 9.17) is 9.47 Å². The Morgan fingerprint density at radius 2 is 1.77 bits per heavy atom. The van der Waals surface area contributed by atoms with Crippen LogP contribution < -0.4 is 20.3 Å². The number of benzene rings is 2. The van der Waals surface area contributed by atoms with Crippen LogP contribution in [0, 0.1) is 0 Å². The Kier molecular flexibility index (Phi) is 4.93. The lowest BCUT2D eigenvalue weighted by molar-refractivity contribution is 0.0941. The Morgan fingerprint density at radius 3 is 2.50 bits per heavy atom. The molecule has 1 heterocycles. The van der Waals surface area contributed by atoms with Gasteiger partial charge in [-0.2, -0.15) is 0 Å². The Hall–Kier alpha value is -3.28. The van der Waals surface area contributed by atoms with E-state index in [1.807, 2.05) is 31.2 Å². The van der Waals surface area contributed by atoms with Crippen molar-refractivity contribution in [3.8, 4) is 11.5 Å². The summed E-state index contributed by atoms with van der Waals surface area (Å²) in [4.78, 5) is 27.3. The highest BCUT2D eigenvalue weighted by atomic mass is 16.5. The predicted molar refractivity (Wildman–Crippen MR) is 100.0 cm³/mol. The average molecular weight is 352 g/mol. The molecule has 0 aliphatic heterocycles. The van der Waals surface area contributed by atoms with E-state index < -0.39 is 0 Å². The molecule has 3 aromatic rings.